The molecule has 7 N–H and O–H groups in total. The number of carboxylic acid groups (broad SMARTS) is 1. The smallest absolute Gasteiger partial charge is 0.335 e. The van der Waals surface area contributed by atoms with Gasteiger partial charge in [-0.25, -0.2) is 17.9 Å². The summed E-state index contributed by atoms with van der Waals surface area (Å²) >= 11 is 0.975. The zero-order valence-electron chi connectivity index (χ0n) is 37.8. The Hall–Kier alpha value is -8.45. The number of para-hydroxylation sites is 2. The van der Waals surface area contributed by atoms with Gasteiger partial charge in [0.05, 0.1) is 28.2 Å². The summed E-state index contributed by atoms with van der Waals surface area (Å²) in [6.07, 6.45) is 0. The third kappa shape index (κ3) is 17.5. The molecule has 0 bridgehead atoms. The first-order valence-electron chi connectivity index (χ1n) is 21.5. The molecule has 0 saturated heterocycles. The van der Waals surface area contributed by atoms with Gasteiger partial charge in [0.2, 0.25) is 0 Å². The SMILES string of the molecule is C.NOOSc1ccccc1N.O=C(Nc1ccccc1S(=O)(=O)NC(=O)c1cccc(OCc2ccccc2)c1)c1cccc(OCc2ccccc2)c1.O=C(O)c1cccc(OCc2ccccc2)c1. The number of carbonyl (C=O) groups is 3. The van der Waals surface area contributed by atoms with E-state index in [1.807, 2.05) is 103 Å². The van der Waals surface area contributed by atoms with Crippen LogP contribution < -0.4 is 35.9 Å². The van der Waals surface area contributed by atoms with Gasteiger partial charge < -0.3 is 30.4 Å². The summed E-state index contributed by atoms with van der Waals surface area (Å²) in [6, 6.07) is 61.2. The molecule has 0 saturated carbocycles. The number of rotatable bonds is 18. The number of nitrogens with two attached hydrogens (primary N) is 2. The van der Waals surface area contributed by atoms with Gasteiger partial charge in [0, 0.05) is 16.8 Å². The van der Waals surface area contributed by atoms with Crippen molar-refractivity contribution in [2.24, 2.45) is 5.90 Å². The minimum Gasteiger partial charge on any atom is -0.489 e. The summed E-state index contributed by atoms with van der Waals surface area (Å²) in [4.78, 5) is 41.3. The number of carbonyl (C=O) groups excluding carboxylic acids is 2. The van der Waals surface area contributed by atoms with E-state index in [9.17, 15) is 22.8 Å². The molecule has 0 radical (unpaired) electrons. The van der Waals surface area contributed by atoms with Crippen LogP contribution in [0.3, 0.4) is 0 Å². The van der Waals surface area contributed by atoms with E-state index in [2.05, 4.69) is 25.3 Å². The lowest BCUT2D eigenvalue weighted by atomic mass is 10.2. The van der Waals surface area contributed by atoms with Crippen molar-refractivity contribution < 1.29 is 51.4 Å². The first kappa shape index (κ1) is 54.5. The largest absolute Gasteiger partial charge is 0.489 e. The standard InChI is InChI=1S/C34H28N2O6S.C14H12O3.C6H8N2O2S.CH4/c37-33(27-15-9-17-29(21-27)41-23-25-11-3-1-4-12-25)35-31-19-7-8-20-32(31)43(39,40)36-34(38)28-16-10-18-30(22-28)42-24-26-13-5-2-6-14-26;15-14(16)12-7-4-8-13(9-12)17-10-11-5-2-1-3-6-11;7-5-3-1-2-4-6(5)11-10-9-8;/h1-22H,23-24H2,(H,35,37)(H,36,38);1-9H,10H2,(H,15,16);1-4H,7-8H2;1H4. The fraction of sp³-hybridized carbons (Fsp3) is 0.0727. The van der Waals surface area contributed by atoms with Crippen molar-refractivity contribution in [3.05, 3.63) is 246 Å². The van der Waals surface area contributed by atoms with Crippen molar-refractivity contribution >= 4 is 51.2 Å². The van der Waals surface area contributed by atoms with E-state index in [1.165, 1.54) is 42.5 Å². The molecule has 15 nitrogen and oxygen atoms in total. The number of hydrogen-bond donors (Lipinski definition) is 5. The van der Waals surface area contributed by atoms with E-state index >= 15 is 0 Å². The predicted octanol–water partition coefficient (Wildman–Crippen LogP) is 10.9. The maximum absolute atomic E-state index is 13.3. The highest BCUT2D eigenvalue weighted by Crippen LogP contribution is 2.26. The molecule has 72 heavy (non-hydrogen) atoms. The second kappa shape index (κ2) is 28.3. The quantitative estimate of drug-likeness (QED) is 0.0233. The summed E-state index contributed by atoms with van der Waals surface area (Å²) in [5, 5.41) is 11.5. The molecule has 0 spiro atoms. The van der Waals surface area contributed by atoms with Crippen LogP contribution in [0.15, 0.2) is 222 Å². The highest BCUT2D eigenvalue weighted by molar-refractivity contribution is 7.94. The molecule has 0 unspecified atom stereocenters. The summed E-state index contributed by atoms with van der Waals surface area (Å²) < 4.78 is 50.2. The molecular formula is C55H52N4O11S2. The second-order valence-electron chi connectivity index (χ2n) is 14.9. The van der Waals surface area contributed by atoms with Crippen molar-refractivity contribution in [2.75, 3.05) is 11.1 Å². The van der Waals surface area contributed by atoms with Gasteiger partial charge in [-0.3, -0.25) is 9.59 Å². The third-order valence-corrected chi connectivity index (χ3v) is 11.8. The predicted molar refractivity (Wildman–Crippen MR) is 277 cm³/mol. The number of anilines is 2. The Morgan fingerprint density at radius 3 is 1.40 bits per heavy atom. The van der Waals surface area contributed by atoms with Crippen molar-refractivity contribution in [3.8, 4) is 17.2 Å². The Bertz CT molecular complexity index is 3100. The molecule has 8 aromatic carbocycles. The molecule has 8 aromatic rings. The van der Waals surface area contributed by atoms with E-state index in [0.717, 1.165) is 33.6 Å². The van der Waals surface area contributed by atoms with Gasteiger partial charge in [-0.05, 0) is 95.6 Å². The number of amides is 2. The average molecular weight is 1010 g/mol. The summed E-state index contributed by atoms with van der Waals surface area (Å²) in [7, 11) is -4.36. The van der Waals surface area contributed by atoms with Gasteiger partial charge in [-0.15, -0.1) is 9.32 Å². The molecule has 370 valence electrons. The molecule has 0 aliphatic rings. The van der Waals surface area contributed by atoms with Crippen LogP contribution in [-0.4, -0.2) is 31.3 Å². The molecule has 0 fully saturated rings. The van der Waals surface area contributed by atoms with Crippen LogP contribution in [0.25, 0.3) is 0 Å². The van der Waals surface area contributed by atoms with Crippen LogP contribution in [0.4, 0.5) is 11.4 Å². The monoisotopic (exact) mass is 1010 g/mol. The van der Waals surface area contributed by atoms with Crippen LogP contribution in [-0.2, 0) is 39.2 Å². The van der Waals surface area contributed by atoms with Crippen molar-refractivity contribution in [1.29, 1.82) is 0 Å². The van der Waals surface area contributed by atoms with Gasteiger partial charge in [-0.1, -0.05) is 141 Å². The van der Waals surface area contributed by atoms with E-state index in [1.54, 1.807) is 66.7 Å². The van der Waals surface area contributed by atoms with E-state index < -0.39 is 27.8 Å². The van der Waals surface area contributed by atoms with Gasteiger partial charge in [0.15, 0.2) is 0 Å². The number of benzene rings is 8. The number of nitrogens with one attached hydrogen (secondary N) is 2. The molecular weight excluding hydrogens is 957 g/mol. The van der Waals surface area contributed by atoms with Gasteiger partial charge in [-0.2, -0.15) is 5.90 Å². The topological polar surface area (TPSA) is 228 Å². The van der Waals surface area contributed by atoms with Crippen LogP contribution in [0.1, 0.15) is 55.2 Å². The Kier molecular flexibility index (Phi) is 21.4. The van der Waals surface area contributed by atoms with Gasteiger partial charge in [0.1, 0.15) is 42.0 Å². The van der Waals surface area contributed by atoms with Crippen LogP contribution in [0, 0.1) is 0 Å². The third-order valence-electron chi connectivity index (χ3n) is 9.75. The van der Waals surface area contributed by atoms with Crippen LogP contribution >= 0.6 is 12.0 Å². The second-order valence-corrected chi connectivity index (χ2v) is 17.3. The number of carboxylic acids is 1. The number of aromatic carboxylic acids is 1. The van der Waals surface area contributed by atoms with Gasteiger partial charge in [0.25, 0.3) is 21.8 Å². The van der Waals surface area contributed by atoms with E-state index in [-0.39, 0.29) is 34.7 Å². The zero-order valence-corrected chi connectivity index (χ0v) is 39.5. The average Bonchev–Trinajstić information content (AvgIpc) is 3.40. The minimum absolute atomic E-state index is 0. The number of hydrogen-bond acceptors (Lipinski definition) is 13. The maximum atomic E-state index is 13.3. The van der Waals surface area contributed by atoms with Crippen molar-refractivity contribution in [2.45, 2.75) is 37.0 Å². The van der Waals surface area contributed by atoms with E-state index in [0.29, 0.717) is 42.8 Å². The lowest BCUT2D eigenvalue weighted by molar-refractivity contribution is -0.195. The zero-order chi connectivity index (χ0) is 50.3. The molecule has 0 aliphatic heterocycles. The Morgan fingerprint density at radius 2 is 0.931 bits per heavy atom. The Labute approximate surface area is 422 Å². The lowest BCUT2D eigenvalue weighted by Crippen LogP contribution is -2.31. The molecule has 2 amide bonds. The molecule has 0 aromatic heterocycles. The molecule has 17 heteroatoms. The van der Waals surface area contributed by atoms with Crippen LogP contribution in [0.5, 0.6) is 17.2 Å². The minimum atomic E-state index is -4.36. The number of nitrogen functional groups attached to an aromatic ring is 1. The molecule has 0 heterocycles. The van der Waals surface area contributed by atoms with Crippen LogP contribution in [0.2, 0.25) is 0 Å². The Balaban J connectivity index is 0.000000270. The lowest BCUT2D eigenvalue weighted by Gasteiger charge is -2.14. The van der Waals surface area contributed by atoms with Crippen molar-refractivity contribution in [1.82, 2.24) is 4.72 Å². The Morgan fingerprint density at radius 1 is 0.514 bits per heavy atom. The normalized spacial score (nSPS) is 10.3. The highest BCUT2D eigenvalue weighted by atomic mass is 32.2. The summed E-state index contributed by atoms with van der Waals surface area (Å²) in [6.45, 7) is 1.05. The highest BCUT2D eigenvalue weighted by Gasteiger charge is 2.23. The fourth-order valence-electron chi connectivity index (χ4n) is 6.24. The summed E-state index contributed by atoms with van der Waals surface area (Å²) in [5.74, 6) is 3.78. The first-order chi connectivity index (χ1) is 34.5. The number of ether oxygens (including phenoxy) is 3. The van der Waals surface area contributed by atoms with Gasteiger partial charge >= 0.3 is 5.97 Å². The maximum Gasteiger partial charge on any atom is 0.335 e. The molecule has 0 aliphatic carbocycles. The number of sulfonamides is 1. The fourth-order valence-corrected chi connectivity index (χ4v) is 7.79. The molecule has 8 rings (SSSR count). The summed E-state index contributed by atoms with van der Waals surface area (Å²) in [5.41, 5.74) is 9.79. The first-order valence-corrected chi connectivity index (χ1v) is 23.8. The van der Waals surface area contributed by atoms with E-state index in [4.69, 9.17) is 25.1 Å². The molecule has 0 atom stereocenters. The van der Waals surface area contributed by atoms with Crippen molar-refractivity contribution in [3.63, 3.8) is 0 Å².